The van der Waals surface area contributed by atoms with E-state index < -0.39 is 0 Å². The van der Waals surface area contributed by atoms with Gasteiger partial charge in [0.05, 0.1) is 23.9 Å². The largest absolute Gasteiger partial charge is 0.469 e. The molecule has 0 aliphatic carbocycles. The van der Waals surface area contributed by atoms with Gasteiger partial charge in [0, 0.05) is 11.9 Å². The molecule has 1 fully saturated rings. The number of rotatable bonds is 7. The van der Waals surface area contributed by atoms with Crippen LogP contribution >= 0.6 is 11.3 Å². The second-order valence-electron chi connectivity index (χ2n) is 6.52. The minimum Gasteiger partial charge on any atom is -0.469 e. The van der Waals surface area contributed by atoms with E-state index in [0.29, 0.717) is 34.6 Å². The van der Waals surface area contributed by atoms with Gasteiger partial charge in [0.15, 0.2) is 5.13 Å². The number of carbonyl (C=O) groups excluding carboxylic acids is 2. The predicted molar refractivity (Wildman–Crippen MR) is 100 cm³/mol. The van der Waals surface area contributed by atoms with Gasteiger partial charge in [-0.2, -0.15) is 0 Å². The van der Waals surface area contributed by atoms with E-state index in [0.717, 1.165) is 19.5 Å². The summed E-state index contributed by atoms with van der Waals surface area (Å²) in [5.74, 6) is 0.911. The Balaban J connectivity index is 1.42. The monoisotopic (exact) mass is 376 g/mol. The molecule has 2 aromatic rings. The molecule has 0 saturated carbocycles. The molecule has 0 aromatic carbocycles. The number of hydrogen-bond acceptors (Lipinski definition) is 6. The summed E-state index contributed by atoms with van der Waals surface area (Å²) in [7, 11) is 0. The number of piperidine rings is 1. The third kappa shape index (κ3) is 5.15. The molecule has 2 amide bonds. The van der Waals surface area contributed by atoms with Crippen LogP contribution in [0.4, 0.5) is 5.13 Å². The maximum Gasteiger partial charge on any atom is 0.260 e. The summed E-state index contributed by atoms with van der Waals surface area (Å²) in [6, 6.07) is 1.62. The number of thiazole rings is 1. The summed E-state index contributed by atoms with van der Waals surface area (Å²) < 4.78 is 5.13. The molecule has 1 saturated heterocycles. The fraction of sp³-hybridized carbons (Fsp3) is 0.500. The van der Waals surface area contributed by atoms with Crippen molar-refractivity contribution in [2.75, 3.05) is 25.0 Å². The molecule has 3 N–H and O–H groups in total. The van der Waals surface area contributed by atoms with Crippen LogP contribution in [0.15, 0.2) is 22.1 Å². The van der Waals surface area contributed by atoms with Gasteiger partial charge in [-0.15, -0.1) is 11.3 Å². The molecule has 0 spiro atoms. The summed E-state index contributed by atoms with van der Waals surface area (Å²) in [5.41, 5.74) is 1.14. The number of amides is 2. The Kier molecular flexibility index (Phi) is 6.40. The molecule has 0 radical (unpaired) electrons. The number of carbonyl (C=O) groups is 2. The highest BCUT2D eigenvalue weighted by atomic mass is 32.1. The molecule has 2 aromatic heterocycles. The molecule has 3 rings (SSSR count). The zero-order chi connectivity index (χ0) is 18.4. The molecular weight excluding hydrogens is 352 g/mol. The first-order valence-corrected chi connectivity index (χ1v) is 9.77. The summed E-state index contributed by atoms with van der Waals surface area (Å²) >= 11 is 1.31. The minimum atomic E-state index is -0.261. The zero-order valence-electron chi connectivity index (χ0n) is 14.8. The van der Waals surface area contributed by atoms with Crippen molar-refractivity contribution in [3.05, 3.63) is 34.7 Å². The topological polar surface area (TPSA) is 96.3 Å². The molecule has 140 valence electrons. The minimum absolute atomic E-state index is 0.0392. The number of nitrogens with one attached hydrogen (secondary N) is 3. The molecule has 7 nitrogen and oxygen atoms in total. The summed E-state index contributed by atoms with van der Waals surface area (Å²) in [4.78, 5) is 28.5. The second kappa shape index (κ2) is 8.95. The lowest BCUT2D eigenvalue weighted by Crippen LogP contribution is -2.33. The van der Waals surface area contributed by atoms with Crippen LogP contribution in [0.3, 0.4) is 0 Å². The molecule has 3 heterocycles. The fourth-order valence-corrected chi connectivity index (χ4v) is 3.75. The van der Waals surface area contributed by atoms with Crippen molar-refractivity contribution in [2.24, 2.45) is 5.92 Å². The smallest absolute Gasteiger partial charge is 0.260 e. The van der Waals surface area contributed by atoms with Crippen molar-refractivity contribution in [3.63, 3.8) is 0 Å². The average molecular weight is 376 g/mol. The van der Waals surface area contributed by atoms with E-state index in [9.17, 15) is 9.59 Å². The highest BCUT2D eigenvalue weighted by molar-refractivity contribution is 7.14. The van der Waals surface area contributed by atoms with Gasteiger partial charge in [-0.3, -0.25) is 14.9 Å². The van der Waals surface area contributed by atoms with Gasteiger partial charge in [0.1, 0.15) is 5.76 Å². The van der Waals surface area contributed by atoms with Crippen molar-refractivity contribution in [2.45, 2.75) is 32.6 Å². The van der Waals surface area contributed by atoms with Gasteiger partial charge in [-0.05, 0) is 51.3 Å². The first kappa shape index (κ1) is 18.6. The Morgan fingerprint density at radius 1 is 1.46 bits per heavy atom. The van der Waals surface area contributed by atoms with Crippen molar-refractivity contribution in [1.82, 2.24) is 15.6 Å². The molecular formula is C18H24N4O3S. The number of anilines is 1. The number of furan rings is 1. The Morgan fingerprint density at radius 2 is 2.35 bits per heavy atom. The van der Waals surface area contributed by atoms with Crippen LogP contribution in [0.1, 0.15) is 41.1 Å². The third-order valence-electron chi connectivity index (χ3n) is 4.49. The van der Waals surface area contributed by atoms with E-state index >= 15 is 0 Å². The molecule has 1 unspecified atom stereocenters. The van der Waals surface area contributed by atoms with Gasteiger partial charge in [-0.1, -0.05) is 0 Å². The van der Waals surface area contributed by atoms with Crippen LogP contribution in [-0.4, -0.2) is 36.4 Å². The summed E-state index contributed by atoms with van der Waals surface area (Å²) in [6.45, 7) is 4.57. The van der Waals surface area contributed by atoms with Gasteiger partial charge < -0.3 is 15.1 Å². The van der Waals surface area contributed by atoms with E-state index in [1.54, 1.807) is 18.4 Å². The standard InChI is InChI=1S/C18H24N4O3S/c1-12-15(5-8-25-12)17(24)22-18-21-14(11-26-18)9-16(23)20-7-4-13-3-2-6-19-10-13/h5,8,11,13,19H,2-4,6-7,9-10H2,1H3,(H,20,23)(H,21,22,24). The maximum absolute atomic E-state index is 12.1. The van der Waals surface area contributed by atoms with Crippen molar-refractivity contribution < 1.29 is 14.0 Å². The molecule has 1 aliphatic heterocycles. The number of aromatic nitrogens is 1. The second-order valence-corrected chi connectivity index (χ2v) is 7.37. The lowest BCUT2D eigenvalue weighted by atomic mass is 9.96. The van der Waals surface area contributed by atoms with Crippen LogP contribution in [0.2, 0.25) is 0 Å². The summed E-state index contributed by atoms with van der Waals surface area (Å²) in [5, 5.41) is 11.3. The highest BCUT2D eigenvalue weighted by Crippen LogP contribution is 2.18. The van der Waals surface area contributed by atoms with Crippen molar-refractivity contribution >= 4 is 28.3 Å². The fourth-order valence-electron chi connectivity index (χ4n) is 3.04. The molecule has 1 atom stereocenters. The normalized spacial score (nSPS) is 17.0. The molecule has 26 heavy (non-hydrogen) atoms. The quantitative estimate of drug-likeness (QED) is 0.689. The zero-order valence-corrected chi connectivity index (χ0v) is 15.7. The highest BCUT2D eigenvalue weighted by Gasteiger charge is 2.15. The van der Waals surface area contributed by atoms with Crippen LogP contribution in [0, 0.1) is 12.8 Å². The van der Waals surface area contributed by atoms with Crippen LogP contribution in [0.25, 0.3) is 0 Å². The van der Waals surface area contributed by atoms with Crippen molar-refractivity contribution in [1.29, 1.82) is 0 Å². The first-order valence-electron chi connectivity index (χ1n) is 8.89. The van der Waals surface area contributed by atoms with Crippen molar-refractivity contribution in [3.8, 4) is 0 Å². The molecule has 1 aliphatic rings. The Bertz CT molecular complexity index is 749. The number of nitrogens with zero attached hydrogens (tertiary/aromatic N) is 1. The maximum atomic E-state index is 12.1. The number of aryl methyl sites for hydroxylation is 1. The lowest BCUT2D eigenvalue weighted by Gasteiger charge is -2.22. The van der Waals surface area contributed by atoms with Gasteiger partial charge in [0.2, 0.25) is 5.91 Å². The van der Waals surface area contributed by atoms with Gasteiger partial charge in [-0.25, -0.2) is 4.98 Å². The summed E-state index contributed by atoms with van der Waals surface area (Å²) in [6.07, 6.45) is 5.14. The molecule has 8 heteroatoms. The van der Waals surface area contributed by atoms with Gasteiger partial charge in [0.25, 0.3) is 5.91 Å². The molecule has 0 bridgehead atoms. The van der Waals surface area contributed by atoms with Crippen LogP contribution in [0.5, 0.6) is 0 Å². The van der Waals surface area contributed by atoms with E-state index in [1.165, 1.54) is 30.4 Å². The number of hydrogen-bond donors (Lipinski definition) is 3. The average Bonchev–Trinajstić information content (AvgIpc) is 3.24. The Labute approximate surface area is 156 Å². The van der Waals surface area contributed by atoms with E-state index in [4.69, 9.17) is 4.42 Å². The van der Waals surface area contributed by atoms with Crippen LogP contribution < -0.4 is 16.0 Å². The van der Waals surface area contributed by atoms with Gasteiger partial charge >= 0.3 is 0 Å². The Hall–Kier alpha value is -2.19. The van der Waals surface area contributed by atoms with E-state index in [1.807, 2.05) is 0 Å². The van der Waals surface area contributed by atoms with Crippen LogP contribution in [-0.2, 0) is 11.2 Å². The lowest BCUT2D eigenvalue weighted by molar-refractivity contribution is -0.120. The predicted octanol–water partition coefficient (Wildman–Crippen LogP) is 2.35. The first-order chi connectivity index (χ1) is 12.6. The SMILES string of the molecule is Cc1occc1C(=O)Nc1nc(CC(=O)NCCC2CCCNC2)cs1. The van der Waals surface area contributed by atoms with E-state index in [-0.39, 0.29) is 18.2 Å². The Morgan fingerprint density at radius 3 is 3.08 bits per heavy atom. The third-order valence-corrected chi connectivity index (χ3v) is 5.30. The van der Waals surface area contributed by atoms with E-state index in [2.05, 4.69) is 20.9 Å².